The Hall–Kier alpha value is -0.780. The van der Waals surface area contributed by atoms with Crippen molar-refractivity contribution in [3.63, 3.8) is 0 Å². The van der Waals surface area contributed by atoms with E-state index in [1.54, 1.807) is 0 Å². The average molecular weight is 90.1 g/mol. The van der Waals surface area contributed by atoms with Gasteiger partial charge in [-0.15, -0.1) is 0 Å². The highest BCUT2D eigenvalue weighted by Crippen LogP contribution is 2.03. The van der Waals surface area contributed by atoms with Crippen LogP contribution in [0.15, 0.2) is 24.3 Å². The summed E-state index contributed by atoms with van der Waals surface area (Å²) in [6, 6.07) is 0. The van der Waals surface area contributed by atoms with Crippen molar-refractivity contribution in [3.8, 4) is 0 Å². The summed E-state index contributed by atoms with van der Waals surface area (Å²) in [7, 11) is 0. The van der Waals surface area contributed by atoms with E-state index >= 15 is 0 Å². The molecule has 0 heterocycles. The summed E-state index contributed by atoms with van der Waals surface area (Å²) in [6.07, 6.45) is 10.5. The van der Waals surface area contributed by atoms with Gasteiger partial charge in [0.2, 0.25) is 0 Å². The molecule has 0 N–H and O–H groups in total. The molecule has 0 saturated heterocycles. The summed E-state index contributed by atoms with van der Waals surface area (Å²) < 4.78 is 0. The van der Waals surface area contributed by atoms with Crippen molar-refractivity contribution in [2.75, 3.05) is 0 Å². The number of hydrogen-bond donors (Lipinski definition) is 0. The molecule has 0 spiro atoms. The lowest BCUT2D eigenvalue weighted by Crippen LogP contribution is -1.76. The first-order chi connectivity index (χ1) is 3.39. The van der Waals surface area contributed by atoms with E-state index in [-0.39, 0.29) is 0 Å². The van der Waals surface area contributed by atoms with Crippen LogP contribution >= 0.6 is 0 Å². The summed E-state index contributed by atoms with van der Waals surface area (Å²) in [4.78, 5) is 0. The molecule has 1 aliphatic carbocycles. The van der Waals surface area contributed by atoms with Gasteiger partial charge in [0, 0.05) is 0 Å². The first kappa shape index (κ1) is 4.38. The molecular formula is C7H6. The van der Waals surface area contributed by atoms with E-state index in [0.29, 0.717) is 0 Å². The van der Waals surface area contributed by atoms with E-state index in [1.165, 1.54) is 0 Å². The maximum absolute atomic E-state index is 3.69. The minimum absolute atomic E-state index is 0.844. The fourth-order valence-electron chi connectivity index (χ4n) is 0.452. The molecular weight excluding hydrogens is 84.1 g/mol. The van der Waals surface area contributed by atoms with Crippen LogP contribution in [0.3, 0.4) is 0 Å². The highest BCUT2D eigenvalue weighted by molar-refractivity contribution is 5.18. The van der Waals surface area contributed by atoms with Crippen molar-refractivity contribution < 1.29 is 0 Å². The Bertz CT molecular complexity index is 127. The first-order valence-corrected chi connectivity index (χ1v) is 2.22. The van der Waals surface area contributed by atoms with E-state index in [0.717, 1.165) is 12.0 Å². The van der Waals surface area contributed by atoms with Crippen molar-refractivity contribution in [1.82, 2.24) is 0 Å². The van der Waals surface area contributed by atoms with Gasteiger partial charge in [-0.25, -0.2) is 0 Å². The van der Waals surface area contributed by atoms with Crippen LogP contribution in [0, 0.1) is 12.2 Å². The third-order valence-corrected chi connectivity index (χ3v) is 0.804. The Balaban J connectivity index is 2.66. The number of rotatable bonds is 0. The highest BCUT2D eigenvalue weighted by Gasteiger charge is 1.86. The fraction of sp³-hybridized carbons (Fsp3) is 0.143. The molecule has 0 nitrogen and oxygen atoms in total. The normalized spacial score (nSPS) is 18.0. The van der Waals surface area contributed by atoms with E-state index in [1.807, 2.05) is 12.2 Å². The van der Waals surface area contributed by atoms with E-state index in [4.69, 9.17) is 0 Å². The van der Waals surface area contributed by atoms with Crippen LogP contribution in [0.4, 0.5) is 0 Å². The third kappa shape index (κ3) is 1.04. The van der Waals surface area contributed by atoms with Gasteiger partial charge in [0.05, 0.1) is 0 Å². The molecule has 0 amide bonds. The van der Waals surface area contributed by atoms with E-state index in [9.17, 15) is 0 Å². The van der Waals surface area contributed by atoms with E-state index in [2.05, 4.69) is 18.7 Å². The molecule has 0 saturated carbocycles. The van der Waals surface area contributed by atoms with Gasteiger partial charge in [-0.2, -0.15) is 0 Å². The lowest BCUT2D eigenvalue weighted by atomic mass is 10.1. The van der Waals surface area contributed by atoms with Gasteiger partial charge in [-0.3, -0.25) is 0 Å². The van der Waals surface area contributed by atoms with Gasteiger partial charge in [-0.05, 0) is 24.1 Å². The second-order valence-electron chi connectivity index (χ2n) is 1.46. The largest absolute Gasteiger partial charge is 0.0949 e. The molecule has 0 aromatic heterocycles. The molecule has 7 heavy (non-hydrogen) atoms. The quantitative estimate of drug-likeness (QED) is 0.424. The van der Waals surface area contributed by atoms with Crippen LogP contribution in [-0.2, 0) is 0 Å². The van der Waals surface area contributed by atoms with Gasteiger partial charge in [-0.1, -0.05) is 18.7 Å². The summed E-state index contributed by atoms with van der Waals surface area (Å²) in [5.41, 5.74) is 1.02. The van der Waals surface area contributed by atoms with Gasteiger partial charge in [0.15, 0.2) is 0 Å². The summed E-state index contributed by atoms with van der Waals surface area (Å²) in [6.45, 7) is 3.69. The minimum Gasteiger partial charge on any atom is -0.0949 e. The predicted octanol–water partition coefficient (Wildman–Crippen LogP) is 1.67. The van der Waals surface area contributed by atoms with Crippen LogP contribution in [0.2, 0.25) is 0 Å². The molecule has 1 rings (SSSR count). The van der Waals surface area contributed by atoms with Crippen molar-refractivity contribution in [2.24, 2.45) is 0 Å². The summed E-state index contributed by atoms with van der Waals surface area (Å²) >= 11 is 0. The SMILES string of the molecule is C=C1[C]=CC=[C]C1. The smallest absolute Gasteiger partial charge is 0.00226 e. The second-order valence-corrected chi connectivity index (χ2v) is 1.46. The number of hydrogen-bond acceptors (Lipinski definition) is 0. The second kappa shape index (κ2) is 1.78. The van der Waals surface area contributed by atoms with Crippen molar-refractivity contribution >= 4 is 0 Å². The first-order valence-electron chi connectivity index (χ1n) is 2.22. The maximum Gasteiger partial charge on any atom is -0.00226 e. The standard InChI is InChI=1S/C7H6/c1-7-5-3-2-4-6-7/h2-3H,1,6H2. The lowest BCUT2D eigenvalue weighted by molar-refractivity contribution is 1.22. The lowest BCUT2D eigenvalue weighted by Gasteiger charge is -1.92. The van der Waals surface area contributed by atoms with Crippen LogP contribution in [0.25, 0.3) is 0 Å². The molecule has 0 aromatic carbocycles. The molecule has 0 bridgehead atoms. The predicted molar refractivity (Wildman–Crippen MR) is 29.4 cm³/mol. The minimum atomic E-state index is 0.844. The Morgan fingerprint density at radius 3 is 2.71 bits per heavy atom. The highest BCUT2D eigenvalue weighted by atomic mass is 13.9. The Kier molecular flexibility index (Phi) is 1.12. The van der Waals surface area contributed by atoms with Crippen LogP contribution < -0.4 is 0 Å². The molecule has 0 fully saturated rings. The van der Waals surface area contributed by atoms with Crippen molar-refractivity contribution in [3.05, 3.63) is 36.5 Å². The van der Waals surface area contributed by atoms with Gasteiger partial charge in [0.1, 0.15) is 0 Å². The van der Waals surface area contributed by atoms with Crippen LogP contribution in [0.5, 0.6) is 0 Å². The van der Waals surface area contributed by atoms with Gasteiger partial charge >= 0.3 is 0 Å². The van der Waals surface area contributed by atoms with Gasteiger partial charge < -0.3 is 0 Å². The van der Waals surface area contributed by atoms with Crippen molar-refractivity contribution in [2.45, 2.75) is 6.42 Å². The summed E-state index contributed by atoms with van der Waals surface area (Å²) in [5, 5.41) is 0. The van der Waals surface area contributed by atoms with Crippen molar-refractivity contribution in [1.29, 1.82) is 0 Å². The fourth-order valence-corrected chi connectivity index (χ4v) is 0.452. The summed E-state index contributed by atoms with van der Waals surface area (Å²) in [5.74, 6) is 0. The monoisotopic (exact) mass is 90.0 g/mol. The topological polar surface area (TPSA) is 0 Å². The zero-order valence-corrected chi connectivity index (χ0v) is 4.07. The Morgan fingerprint density at radius 1 is 1.57 bits per heavy atom. The molecule has 0 aliphatic heterocycles. The third-order valence-electron chi connectivity index (χ3n) is 0.804. The molecule has 0 atom stereocenters. The molecule has 34 valence electrons. The van der Waals surface area contributed by atoms with Crippen LogP contribution in [0.1, 0.15) is 6.42 Å². The molecule has 0 aromatic rings. The van der Waals surface area contributed by atoms with Crippen LogP contribution in [-0.4, -0.2) is 0 Å². The maximum atomic E-state index is 3.69. The zero-order chi connectivity index (χ0) is 5.11. The molecule has 0 unspecified atom stereocenters. The number of allylic oxidation sites excluding steroid dienone is 5. The Labute approximate surface area is 43.9 Å². The molecule has 2 radical (unpaired) electrons. The molecule has 0 heteroatoms. The molecule has 1 aliphatic rings. The average Bonchev–Trinajstić information content (AvgIpc) is 1.69. The Morgan fingerprint density at radius 2 is 2.43 bits per heavy atom. The van der Waals surface area contributed by atoms with Gasteiger partial charge in [0.25, 0.3) is 0 Å². The van der Waals surface area contributed by atoms with E-state index < -0.39 is 0 Å². The zero-order valence-electron chi connectivity index (χ0n) is 4.07.